The summed E-state index contributed by atoms with van der Waals surface area (Å²) in [4.78, 5) is 0. The number of fused-ring (bicyclic) bond motifs is 1. The van der Waals surface area contributed by atoms with Crippen LogP contribution in [0.15, 0.2) is 12.2 Å². The highest BCUT2D eigenvalue weighted by Crippen LogP contribution is 2.45. The fraction of sp³-hybridized carbons (Fsp3) is 0.882. The highest BCUT2D eigenvalue weighted by Gasteiger charge is 2.33. The Bertz CT molecular complexity index is 272. The van der Waals surface area contributed by atoms with Crippen molar-refractivity contribution in [2.75, 3.05) is 0 Å². The predicted molar refractivity (Wildman–Crippen MR) is 84.7 cm³/mol. The first-order chi connectivity index (χ1) is 8.56. The molecular formula is C17H32Si. The SMILES string of the molecule is C[Si](C)(C)C/C=C/CC1CCCC2CCCCC12. The first-order valence-electron chi connectivity index (χ1n) is 8.21. The molecule has 0 spiro atoms. The van der Waals surface area contributed by atoms with Gasteiger partial charge >= 0.3 is 0 Å². The van der Waals surface area contributed by atoms with Gasteiger partial charge in [-0.1, -0.05) is 63.9 Å². The van der Waals surface area contributed by atoms with Gasteiger partial charge in [0.2, 0.25) is 0 Å². The topological polar surface area (TPSA) is 0 Å². The third kappa shape index (κ3) is 4.26. The fourth-order valence-electron chi connectivity index (χ4n) is 4.07. The molecule has 1 heteroatoms. The van der Waals surface area contributed by atoms with Gasteiger partial charge in [0.25, 0.3) is 0 Å². The molecule has 0 aromatic carbocycles. The molecule has 2 rings (SSSR count). The zero-order chi connectivity index (χ0) is 13.0. The molecule has 0 bridgehead atoms. The lowest BCUT2D eigenvalue weighted by atomic mass is 9.65. The van der Waals surface area contributed by atoms with Crippen LogP contribution in [0.4, 0.5) is 0 Å². The standard InChI is InChI=1S/C17H32Si/c1-18(2,3)14-7-6-10-16-12-8-11-15-9-4-5-13-17(15)16/h6-7,15-17H,4-5,8-14H2,1-3H3/b7-6+. The molecule has 104 valence electrons. The van der Waals surface area contributed by atoms with Crippen molar-refractivity contribution in [3.63, 3.8) is 0 Å². The smallest absolute Gasteiger partial charge is 0.0480 e. The molecule has 0 nitrogen and oxygen atoms in total. The van der Waals surface area contributed by atoms with Crippen LogP contribution in [0.1, 0.15) is 51.4 Å². The molecular weight excluding hydrogens is 232 g/mol. The Morgan fingerprint density at radius 2 is 1.61 bits per heavy atom. The van der Waals surface area contributed by atoms with Gasteiger partial charge in [-0.3, -0.25) is 0 Å². The third-order valence-corrected chi connectivity index (χ3v) is 6.52. The van der Waals surface area contributed by atoms with Crippen LogP contribution in [0, 0.1) is 17.8 Å². The van der Waals surface area contributed by atoms with Crippen LogP contribution in [-0.4, -0.2) is 8.07 Å². The number of rotatable bonds is 4. The van der Waals surface area contributed by atoms with E-state index >= 15 is 0 Å². The van der Waals surface area contributed by atoms with E-state index in [4.69, 9.17) is 0 Å². The molecule has 2 aliphatic rings. The molecule has 3 atom stereocenters. The van der Waals surface area contributed by atoms with E-state index in [1.165, 1.54) is 44.6 Å². The Balaban J connectivity index is 1.80. The molecule has 18 heavy (non-hydrogen) atoms. The van der Waals surface area contributed by atoms with Crippen molar-refractivity contribution in [2.24, 2.45) is 17.8 Å². The molecule has 0 amide bonds. The summed E-state index contributed by atoms with van der Waals surface area (Å²) in [6.45, 7) is 7.40. The van der Waals surface area contributed by atoms with Crippen LogP contribution in [-0.2, 0) is 0 Å². The second-order valence-corrected chi connectivity index (χ2v) is 13.4. The van der Waals surface area contributed by atoms with E-state index in [1.54, 1.807) is 12.8 Å². The lowest BCUT2D eigenvalue weighted by Gasteiger charge is -2.41. The second-order valence-electron chi connectivity index (χ2n) is 7.87. The van der Waals surface area contributed by atoms with Gasteiger partial charge in [-0.15, -0.1) is 0 Å². The molecule has 3 unspecified atom stereocenters. The van der Waals surface area contributed by atoms with E-state index in [0.717, 1.165) is 17.8 Å². The van der Waals surface area contributed by atoms with Gasteiger partial charge in [-0.05, 0) is 43.1 Å². The van der Waals surface area contributed by atoms with Crippen molar-refractivity contribution >= 4 is 8.07 Å². The maximum Gasteiger partial charge on any atom is 0.0480 e. The summed E-state index contributed by atoms with van der Waals surface area (Å²) in [5, 5.41) is 0. The monoisotopic (exact) mass is 264 g/mol. The zero-order valence-corrected chi connectivity index (χ0v) is 13.8. The van der Waals surface area contributed by atoms with Crippen molar-refractivity contribution in [2.45, 2.75) is 77.1 Å². The maximum atomic E-state index is 2.53. The van der Waals surface area contributed by atoms with Crippen molar-refractivity contribution in [1.82, 2.24) is 0 Å². The number of hydrogen-bond acceptors (Lipinski definition) is 0. The minimum atomic E-state index is -0.865. The molecule has 0 aliphatic heterocycles. The predicted octanol–water partition coefficient (Wildman–Crippen LogP) is 5.88. The summed E-state index contributed by atoms with van der Waals surface area (Å²) in [6.07, 6.45) is 17.1. The molecule has 2 aliphatic carbocycles. The molecule has 0 radical (unpaired) electrons. The maximum absolute atomic E-state index is 2.53. The average molecular weight is 265 g/mol. The van der Waals surface area contributed by atoms with E-state index in [2.05, 4.69) is 31.8 Å². The molecule has 0 aromatic rings. The number of hydrogen-bond donors (Lipinski definition) is 0. The molecule has 0 heterocycles. The van der Waals surface area contributed by atoms with Crippen molar-refractivity contribution in [3.8, 4) is 0 Å². The Hall–Kier alpha value is -0.0431. The average Bonchev–Trinajstić information content (AvgIpc) is 2.33. The lowest BCUT2D eigenvalue weighted by Crippen LogP contribution is -2.30. The minimum Gasteiger partial charge on any atom is -0.0912 e. The largest absolute Gasteiger partial charge is 0.0912 e. The summed E-state index contributed by atoms with van der Waals surface area (Å²) in [5.74, 6) is 3.22. The van der Waals surface area contributed by atoms with E-state index in [9.17, 15) is 0 Å². The van der Waals surface area contributed by atoms with Gasteiger partial charge in [-0.2, -0.15) is 0 Å². The van der Waals surface area contributed by atoms with Gasteiger partial charge in [0.1, 0.15) is 0 Å². The van der Waals surface area contributed by atoms with E-state index < -0.39 is 8.07 Å². The molecule has 2 fully saturated rings. The third-order valence-electron chi connectivity index (χ3n) is 5.06. The van der Waals surface area contributed by atoms with Crippen LogP contribution in [0.3, 0.4) is 0 Å². The Kier molecular flexibility index (Phi) is 5.12. The summed E-state index contributed by atoms with van der Waals surface area (Å²) >= 11 is 0. The van der Waals surface area contributed by atoms with Gasteiger partial charge in [0.15, 0.2) is 0 Å². The van der Waals surface area contributed by atoms with E-state index in [0.29, 0.717) is 0 Å². The zero-order valence-electron chi connectivity index (χ0n) is 12.8. The Morgan fingerprint density at radius 3 is 2.39 bits per heavy atom. The summed E-state index contributed by atoms with van der Waals surface area (Å²) < 4.78 is 0. The Morgan fingerprint density at radius 1 is 0.889 bits per heavy atom. The van der Waals surface area contributed by atoms with E-state index in [-0.39, 0.29) is 0 Å². The van der Waals surface area contributed by atoms with Gasteiger partial charge in [-0.25, -0.2) is 0 Å². The molecule has 2 saturated carbocycles. The summed E-state index contributed by atoms with van der Waals surface area (Å²) in [6, 6.07) is 1.37. The number of allylic oxidation sites excluding steroid dienone is 2. The first kappa shape index (κ1) is 14.4. The normalized spacial score (nSPS) is 33.6. The molecule has 0 saturated heterocycles. The van der Waals surface area contributed by atoms with Gasteiger partial charge in [0, 0.05) is 8.07 Å². The van der Waals surface area contributed by atoms with Crippen LogP contribution in [0.5, 0.6) is 0 Å². The first-order valence-corrected chi connectivity index (χ1v) is 11.9. The van der Waals surface area contributed by atoms with Crippen LogP contribution < -0.4 is 0 Å². The van der Waals surface area contributed by atoms with Crippen LogP contribution in [0.2, 0.25) is 25.7 Å². The van der Waals surface area contributed by atoms with Gasteiger partial charge < -0.3 is 0 Å². The van der Waals surface area contributed by atoms with Gasteiger partial charge in [0.05, 0.1) is 0 Å². The van der Waals surface area contributed by atoms with Crippen molar-refractivity contribution < 1.29 is 0 Å². The van der Waals surface area contributed by atoms with Crippen molar-refractivity contribution in [3.05, 3.63) is 12.2 Å². The van der Waals surface area contributed by atoms with E-state index in [1.807, 2.05) is 0 Å². The fourth-order valence-corrected chi connectivity index (χ4v) is 4.95. The molecule has 0 aromatic heterocycles. The highest BCUT2D eigenvalue weighted by atomic mass is 28.3. The highest BCUT2D eigenvalue weighted by molar-refractivity contribution is 6.76. The quantitative estimate of drug-likeness (QED) is 0.439. The summed E-state index contributed by atoms with van der Waals surface area (Å²) in [5.41, 5.74) is 0. The Labute approximate surface area is 115 Å². The minimum absolute atomic E-state index is 0.865. The molecule has 0 N–H and O–H groups in total. The van der Waals surface area contributed by atoms with Crippen molar-refractivity contribution in [1.29, 1.82) is 0 Å². The van der Waals surface area contributed by atoms with Crippen LogP contribution in [0.25, 0.3) is 0 Å². The summed E-state index contributed by atoms with van der Waals surface area (Å²) in [7, 11) is -0.865. The second kappa shape index (κ2) is 6.41. The van der Waals surface area contributed by atoms with Crippen LogP contribution >= 0.6 is 0 Å². The lowest BCUT2D eigenvalue weighted by molar-refractivity contribution is 0.105.